The smallest absolute Gasteiger partial charge is 0.264 e. The van der Waals surface area contributed by atoms with E-state index in [-0.39, 0.29) is 16.4 Å². The van der Waals surface area contributed by atoms with Crippen LogP contribution in [0.4, 0.5) is 11.4 Å². The Labute approximate surface area is 150 Å². The van der Waals surface area contributed by atoms with Crippen LogP contribution in [0.2, 0.25) is 0 Å². The van der Waals surface area contributed by atoms with E-state index in [1.165, 1.54) is 31.2 Å². The number of anilines is 2. The van der Waals surface area contributed by atoms with E-state index in [1.807, 2.05) is 4.72 Å². The number of para-hydroxylation sites is 1. The molecule has 0 radical (unpaired) electrons. The number of carbonyl (C=O) groups excluding carboxylic acids is 3. The highest BCUT2D eigenvalue weighted by Crippen LogP contribution is 2.19. The van der Waals surface area contributed by atoms with Crippen molar-refractivity contribution >= 4 is 39.1 Å². The van der Waals surface area contributed by atoms with Gasteiger partial charge in [-0.25, -0.2) is 13.1 Å². The quantitative estimate of drug-likeness (QED) is 0.735. The molecule has 0 bridgehead atoms. The van der Waals surface area contributed by atoms with Crippen LogP contribution < -0.4 is 15.4 Å². The van der Waals surface area contributed by atoms with Gasteiger partial charge in [0.15, 0.2) is 0 Å². The highest BCUT2D eigenvalue weighted by Gasteiger charge is 2.16. The molecule has 2 aromatic rings. The summed E-state index contributed by atoms with van der Waals surface area (Å²) in [5, 5.41) is 5.19. The second-order valence-corrected chi connectivity index (χ2v) is 7.05. The van der Waals surface area contributed by atoms with Gasteiger partial charge >= 0.3 is 0 Å². The zero-order valence-corrected chi connectivity index (χ0v) is 14.9. The molecule has 0 fully saturated rings. The summed E-state index contributed by atoms with van der Waals surface area (Å²) in [7, 11) is -3.94. The van der Waals surface area contributed by atoms with E-state index >= 15 is 0 Å². The Morgan fingerprint density at radius 3 is 2.00 bits per heavy atom. The summed E-state index contributed by atoms with van der Waals surface area (Å²) in [6.45, 7) is 2.43. The van der Waals surface area contributed by atoms with Gasteiger partial charge in [-0.05, 0) is 36.4 Å². The van der Waals surface area contributed by atoms with Crippen molar-refractivity contribution < 1.29 is 22.8 Å². The molecule has 0 aromatic heterocycles. The lowest BCUT2D eigenvalue weighted by atomic mass is 10.1. The third-order valence-corrected chi connectivity index (χ3v) is 4.63. The molecule has 0 aliphatic heterocycles. The Kier molecular flexibility index (Phi) is 5.73. The first kappa shape index (κ1) is 19.1. The molecular weight excluding hydrogens is 358 g/mol. The molecular formula is C17H17N3O5S. The zero-order valence-electron chi connectivity index (χ0n) is 14.1. The van der Waals surface area contributed by atoms with E-state index in [4.69, 9.17) is 0 Å². The van der Waals surface area contributed by atoms with Crippen LogP contribution in [-0.2, 0) is 19.6 Å². The van der Waals surface area contributed by atoms with Gasteiger partial charge in [-0.2, -0.15) is 0 Å². The minimum atomic E-state index is -3.94. The number of hydrogen-bond acceptors (Lipinski definition) is 5. The van der Waals surface area contributed by atoms with Crippen LogP contribution in [0.15, 0.2) is 53.4 Å². The first-order valence-corrected chi connectivity index (χ1v) is 8.99. The van der Waals surface area contributed by atoms with Gasteiger partial charge in [0, 0.05) is 19.5 Å². The average molecular weight is 375 g/mol. The zero-order chi connectivity index (χ0) is 19.3. The van der Waals surface area contributed by atoms with Crippen molar-refractivity contribution in [1.29, 1.82) is 0 Å². The molecule has 9 heteroatoms. The maximum Gasteiger partial charge on any atom is 0.264 e. The van der Waals surface area contributed by atoms with Gasteiger partial charge < -0.3 is 10.6 Å². The minimum absolute atomic E-state index is 0.107. The molecule has 136 valence electrons. The minimum Gasteiger partial charge on any atom is -0.326 e. The van der Waals surface area contributed by atoms with Gasteiger partial charge in [-0.3, -0.25) is 14.4 Å². The summed E-state index contributed by atoms with van der Waals surface area (Å²) in [5.74, 6) is -1.47. The number of hydrogen-bond donors (Lipinski definition) is 3. The largest absolute Gasteiger partial charge is 0.326 e. The van der Waals surface area contributed by atoms with Crippen molar-refractivity contribution in [2.24, 2.45) is 0 Å². The SMILES string of the molecule is CC(=O)Nc1ccccc1C(=O)Nc1ccc(S(=O)(=O)NC(C)=O)cc1. The van der Waals surface area contributed by atoms with Gasteiger partial charge in [0.2, 0.25) is 11.8 Å². The van der Waals surface area contributed by atoms with Gasteiger partial charge in [0.05, 0.1) is 16.1 Å². The summed E-state index contributed by atoms with van der Waals surface area (Å²) in [6, 6.07) is 11.8. The maximum absolute atomic E-state index is 12.4. The van der Waals surface area contributed by atoms with Crippen LogP contribution in [0.1, 0.15) is 24.2 Å². The Morgan fingerprint density at radius 1 is 0.808 bits per heavy atom. The molecule has 2 rings (SSSR count). The predicted molar refractivity (Wildman–Crippen MR) is 96.1 cm³/mol. The standard InChI is InChI=1S/C17H17N3O5S/c1-11(21)18-16-6-4-3-5-15(16)17(23)19-13-7-9-14(10-8-13)26(24,25)20-12(2)22/h3-10H,1-2H3,(H,18,21)(H,19,23)(H,20,22). The van der Waals surface area contributed by atoms with Crippen LogP contribution in [0.3, 0.4) is 0 Å². The molecule has 0 saturated carbocycles. The van der Waals surface area contributed by atoms with Crippen LogP contribution in [-0.4, -0.2) is 26.1 Å². The summed E-state index contributed by atoms with van der Waals surface area (Å²) < 4.78 is 25.6. The highest BCUT2D eigenvalue weighted by atomic mass is 32.2. The van der Waals surface area contributed by atoms with Crippen LogP contribution in [0.5, 0.6) is 0 Å². The Morgan fingerprint density at radius 2 is 1.42 bits per heavy atom. The van der Waals surface area contributed by atoms with Crippen LogP contribution >= 0.6 is 0 Å². The molecule has 0 aliphatic rings. The fourth-order valence-corrected chi connectivity index (χ4v) is 3.13. The fourth-order valence-electron chi connectivity index (χ4n) is 2.14. The Hall–Kier alpha value is -3.20. The number of benzene rings is 2. The molecule has 0 saturated heterocycles. The van der Waals surface area contributed by atoms with E-state index < -0.39 is 21.8 Å². The molecule has 0 atom stereocenters. The van der Waals surface area contributed by atoms with Crippen molar-refractivity contribution in [2.45, 2.75) is 18.7 Å². The Balaban J connectivity index is 2.18. The average Bonchev–Trinajstić information content (AvgIpc) is 2.54. The summed E-state index contributed by atoms with van der Waals surface area (Å²) >= 11 is 0. The van der Waals surface area contributed by atoms with E-state index in [2.05, 4.69) is 10.6 Å². The maximum atomic E-state index is 12.4. The first-order valence-electron chi connectivity index (χ1n) is 7.50. The number of amides is 3. The molecule has 2 aromatic carbocycles. The number of nitrogens with one attached hydrogen (secondary N) is 3. The number of carbonyl (C=O) groups is 3. The van der Waals surface area contributed by atoms with Gasteiger partial charge in [-0.1, -0.05) is 12.1 Å². The fraction of sp³-hybridized carbons (Fsp3) is 0.118. The third kappa shape index (κ3) is 4.90. The van der Waals surface area contributed by atoms with Crippen molar-refractivity contribution in [2.75, 3.05) is 10.6 Å². The molecule has 0 heterocycles. The van der Waals surface area contributed by atoms with Gasteiger partial charge in [-0.15, -0.1) is 0 Å². The topological polar surface area (TPSA) is 121 Å². The third-order valence-electron chi connectivity index (χ3n) is 3.18. The normalized spacial score (nSPS) is 10.7. The van der Waals surface area contributed by atoms with Crippen molar-refractivity contribution in [3.63, 3.8) is 0 Å². The van der Waals surface area contributed by atoms with E-state index in [9.17, 15) is 22.8 Å². The molecule has 0 aliphatic carbocycles. The summed E-state index contributed by atoms with van der Waals surface area (Å²) in [4.78, 5) is 34.5. The first-order chi connectivity index (χ1) is 12.2. The molecule has 3 N–H and O–H groups in total. The molecule has 0 unspecified atom stereocenters. The monoisotopic (exact) mass is 375 g/mol. The molecule has 8 nitrogen and oxygen atoms in total. The number of rotatable bonds is 5. The lowest BCUT2D eigenvalue weighted by Crippen LogP contribution is -2.28. The van der Waals surface area contributed by atoms with Gasteiger partial charge in [0.25, 0.3) is 15.9 Å². The second kappa shape index (κ2) is 7.79. The van der Waals surface area contributed by atoms with E-state index in [1.54, 1.807) is 24.3 Å². The van der Waals surface area contributed by atoms with Crippen molar-refractivity contribution in [3.05, 3.63) is 54.1 Å². The highest BCUT2D eigenvalue weighted by molar-refractivity contribution is 7.90. The molecule has 26 heavy (non-hydrogen) atoms. The van der Waals surface area contributed by atoms with Crippen molar-refractivity contribution in [1.82, 2.24) is 4.72 Å². The van der Waals surface area contributed by atoms with E-state index in [0.717, 1.165) is 6.92 Å². The molecule has 3 amide bonds. The predicted octanol–water partition coefficient (Wildman–Crippen LogP) is 1.72. The van der Waals surface area contributed by atoms with Crippen LogP contribution in [0.25, 0.3) is 0 Å². The molecule has 0 spiro atoms. The lowest BCUT2D eigenvalue weighted by molar-refractivity contribution is -0.117. The van der Waals surface area contributed by atoms with Crippen molar-refractivity contribution in [3.8, 4) is 0 Å². The number of sulfonamides is 1. The van der Waals surface area contributed by atoms with Gasteiger partial charge in [0.1, 0.15) is 0 Å². The van der Waals surface area contributed by atoms with Crippen LogP contribution in [0, 0.1) is 0 Å². The lowest BCUT2D eigenvalue weighted by Gasteiger charge is -2.11. The summed E-state index contributed by atoms with van der Waals surface area (Å²) in [6.07, 6.45) is 0. The second-order valence-electron chi connectivity index (χ2n) is 5.37. The van der Waals surface area contributed by atoms with E-state index in [0.29, 0.717) is 11.4 Å². The summed E-state index contributed by atoms with van der Waals surface area (Å²) in [5.41, 5.74) is 0.981. The Bertz CT molecular complexity index is 953.